The van der Waals surface area contributed by atoms with Crippen LogP contribution >= 0.6 is 0 Å². The number of guanidine groups is 1. The van der Waals surface area contributed by atoms with Gasteiger partial charge < -0.3 is 10.6 Å². The molecule has 2 N–H and O–H groups in total. The van der Waals surface area contributed by atoms with Crippen molar-refractivity contribution >= 4 is 5.96 Å². The Hall–Kier alpha value is -1.52. The lowest BCUT2D eigenvalue weighted by Gasteiger charge is -2.33. The topological polar surface area (TPSA) is 59.4 Å². The standard InChI is InChI=1S/C16H27N5/c1-2-9-20-12-13(10-19-20)15-11-18-16(17)21(15)14-7-5-3-4-6-8-14/h10,12,14-15H,2-9,11H2,1H3,(H2,17,18). The number of hydrogen-bond donors (Lipinski definition) is 1. The summed E-state index contributed by atoms with van der Waals surface area (Å²) in [6.07, 6.45) is 13.1. The van der Waals surface area contributed by atoms with Crippen molar-refractivity contribution < 1.29 is 0 Å². The van der Waals surface area contributed by atoms with Gasteiger partial charge in [0.05, 0.1) is 18.8 Å². The summed E-state index contributed by atoms with van der Waals surface area (Å²) in [5.41, 5.74) is 7.46. The number of nitrogens with two attached hydrogens (primary N) is 1. The van der Waals surface area contributed by atoms with Gasteiger partial charge in [0.2, 0.25) is 0 Å². The van der Waals surface area contributed by atoms with E-state index < -0.39 is 0 Å². The van der Waals surface area contributed by atoms with Gasteiger partial charge in [-0.15, -0.1) is 0 Å². The summed E-state index contributed by atoms with van der Waals surface area (Å²) in [6, 6.07) is 0.844. The predicted octanol–water partition coefficient (Wildman–Crippen LogP) is 2.69. The van der Waals surface area contributed by atoms with Gasteiger partial charge in [-0.05, 0) is 19.3 Å². The van der Waals surface area contributed by atoms with Gasteiger partial charge in [0.25, 0.3) is 0 Å². The molecule has 1 unspecified atom stereocenters. The molecule has 0 bridgehead atoms. The second kappa shape index (κ2) is 6.50. The normalized spacial score (nSPS) is 24.1. The van der Waals surface area contributed by atoms with Gasteiger partial charge in [0, 0.05) is 24.3 Å². The second-order valence-electron chi connectivity index (χ2n) is 6.30. The largest absolute Gasteiger partial charge is 0.370 e. The van der Waals surface area contributed by atoms with Crippen LogP contribution in [-0.2, 0) is 6.54 Å². The van der Waals surface area contributed by atoms with Crippen molar-refractivity contribution in [3.8, 4) is 0 Å². The van der Waals surface area contributed by atoms with Gasteiger partial charge in [0.1, 0.15) is 0 Å². The molecule has 3 rings (SSSR count). The number of aryl methyl sites for hydroxylation is 1. The first-order valence-corrected chi connectivity index (χ1v) is 8.40. The molecular weight excluding hydrogens is 262 g/mol. The van der Waals surface area contributed by atoms with Crippen LogP contribution in [0.1, 0.15) is 63.5 Å². The smallest absolute Gasteiger partial charge is 0.192 e. The molecule has 1 aromatic heterocycles. The van der Waals surface area contributed by atoms with E-state index in [1.165, 1.54) is 44.1 Å². The molecule has 2 aliphatic rings. The van der Waals surface area contributed by atoms with Crippen molar-refractivity contribution in [1.29, 1.82) is 0 Å². The van der Waals surface area contributed by atoms with Crippen LogP contribution in [-0.4, -0.2) is 33.2 Å². The highest BCUT2D eigenvalue weighted by Gasteiger charge is 2.34. The van der Waals surface area contributed by atoms with Crippen LogP contribution in [0.3, 0.4) is 0 Å². The molecular formula is C16H27N5. The van der Waals surface area contributed by atoms with Crippen molar-refractivity contribution in [2.75, 3.05) is 6.54 Å². The summed E-state index contributed by atoms with van der Waals surface area (Å²) in [5, 5.41) is 4.47. The first kappa shape index (κ1) is 14.4. The van der Waals surface area contributed by atoms with E-state index in [1.54, 1.807) is 0 Å². The molecule has 0 aromatic carbocycles. The highest BCUT2D eigenvalue weighted by molar-refractivity contribution is 5.80. The highest BCUT2D eigenvalue weighted by atomic mass is 15.3. The summed E-state index contributed by atoms with van der Waals surface area (Å²) >= 11 is 0. The zero-order valence-electron chi connectivity index (χ0n) is 13.0. The Balaban J connectivity index is 1.77. The van der Waals surface area contributed by atoms with Gasteiger partial charge in [-0.25, -0.2) is 0 Å². The third-order valence-electron chi connectivity index (χ3n) is 4.74. The lowest BCUT2D eigenvalue weighted by atomic mass is 10.0. The maximum atomic E-state index is 6.20. The first-order valence-electron chi connectivity index (χ1n) is 8.40. The van der Waals surface area contributed by atoms with Crippen LogP contribution in [0, 0.1) is 0 Å². The number of hydrogen-bond acceptors (Lipinski definition) is 4. The van der Waals surface area contributed by atoms with Gasteiger partial charge in [-0.2, -0.15) is 5.10 Å². The Kier molecular flexibility index (Phi) is 4.46. The van der Waals surface area contributed by atoms with Crippen LogP contribution in [0.2, 0.25) is 0 Å². The molecule has 1 aliphatic carbocycles. The summed E-state index contributed by atoms with van der Waals surface area (Å²) in [5.74, 6) is 0.732. The number of aliphatic imine (C=N–C) groups is 1. The van der Waals surface area contributed by atoms with Crippen molar-refractivity contribution in [3.63, 3.8) is 0 Å². The molecule has 1 aromatic rings. The van der Waals surface area contributed by atoms with Gasteiger partial charge in [-0.1, -0.05) is 32.6 Å². The van der Waals surface area contributed by atoms with E-state index in [1.807, 2.05) is 10.9 Å². The van der Waals surface area contributed by atoms with E-state index in [4.69, 9.17) is 5.73 Å². The van der Waals surface area contributed by atoms with Crippen LogP contribution in [0.4, 0.5) is 0 Å². The number of aromatic nitrogens is 2. The lowest BCUT2D eigenvalue weighted by Crippen LogP contribution is -2.43. The van der Waals surface area contributed by atoms with E-state index in [0.717, 1.165) is 25.5 Å². The second-order valence-corrected chi connectivity index (χ2v) is 6.30. The Labute approximate surface area is 127 Å². The molecule has 5 nitrogen and oxygen atoms in total. The maximum Gasteiger partial charge on any atom is 0.192 e. The Morgan fingerprint density at radius 1 is 1.24 bits per heavy atom. The summed E-state index contributed by atoms with van der Waals surface area (Å²) in [4.78, 5) is 6.89. The predicted molar refractivity (Wildman–Crippen MR) is 85.1 cm³/mol. The third kappa shape index (κ3) is 3.06. The fourth-order valence-electron chi connectivity index (χ4n) is 3.66. The monoisotopic (exact) mass is 289 g/mol. The van der Waals surface area contributed by atoms with Crippen molar-refractivity contribution in [1.82, 2.24) is 14.7 Å². The fraction of sp³-hybridized carbons (Fsp3) is 0.750. The van der Waals surface area contributed by atoms with Gasteiger partial charge in [-0.3, -0.25) is 9.67 Å². The lowest BCUT2D eigenvalue weighted by molar-refractivity contribution is 0.237. The number of nitrogens with zero attached hydrogens (tertiary/aromatic N) is 4. The van der Waals surface area contributed by atoms with Gasteiger partial charge >= 0.3 is 0 Å². The molecule has 1 atom stereocenters. The fourth-order valence-corrected chi connectivity index (χ4v) is 3.66. The minimum absolute atomic E-state index is 0.290. The van der Waals surface area contributed by atoms with E-state index in [9.17, 15) is 0 Å². The van der Waals surface area contributed by atoms with Gasteiger partial charge in [0.15, 0.2) is 5.96 Å². The Morgan fingerprint density at radius 3 is 2.71 bits per heavy atom. The molecule has 1 saturated carbocycles. The zero-order chi connectivity index (χ0) is 14.7. The minimum Gasteiger partial charge on any atom is -0.370 e. The molecule has 0 spiro atoms. The molecule has 0 radical (unpaired) electrons. The van der Waals surface area contributed by atoms with Crippen LogP contribution < -0.4 is 5.73 Å². The molecule has 1 aliphatic heterocycles. The van der Waals surface area contributed by atoms with Crippen LogP contribution in [0.15, 0.2) is 17.4 Å². The van der Waals surface area contributed by atoms with E-state index >= 15 is 0 Å². The minimum atomic E-state index is 0.290. The molecule has 5 heteroatoms. The molecule has 1 fully saturated rings. The van der Waals surface area contributed by atoms with E-state index in [-0.39, 0.29) is 0 Å². The van der Waals surface area contributed by atoms with E-state index in [0.29, 0.717) is 12.1 Å². The van der Waals surface area contributed by atoms with Crippen molar-refractivity contribution in [2.24, 2.45) is 10.7 Å². The average Bonchev–Trinajstić information content (AvgIpc) is 2.98. The van der Waals surface area contributed by atoms with Crippen molar-refractivity contribution in [3.05, 3.63) is 18.0 Å². The summed E-state index contributed by atoms with van der Waals surface area (Å²) in [7, 11) is 0. The highest BCUT2D eigenvalue weighted by Crippen LogP contribution is 2.32. The molecule has 21 heavy (non-hydrogen) atoms. The molecule has 0 saturated heterocycles. The zero-order valence-corrected chi connectivity index (χ0v) is 13.0. The average molecular weight is 289 g/mol. The summed E-state index contributed by atoms with van der Waals surface area (Å²) in [6.45, 7) is 3.93. The molecule has 2 heterocycles. The maximum absolute atomic E-state index is 6.20. The van der Waals surface area contributed by atoms with E-state index in [2.05, 4.69) is 28.1 Å². The quantitative estimate of drug-likeness (QED) is 0.867. The van der Waals surface area contributed by atoms with Crippen LogP contribution in [0.5, 0.6) is 0 Å². The SMILES string of the molecule is CCCn1cc(C2CN=C(N)N2C2CCCCCC2)cn1. The first-order chi connectivity index (χ1) is 10.3. The molecule has 116 valence electrons. The number of rotatable bonds is 4. The Bertz CT molecular complexity index is 485. The Morgan fingerprint density at radius 2 is 2.00 bits per heavy atom. The van der Waals surface area contributed by atoms with Crippen molar-refractivity contribution in [2.45, 2.75) is 70.5 Å². The molecule has 0 amide bonds. The van der Waals surface area contributed by atoms with Crippen LogP contribution in [0.25, 0.3) is 0 Å². The summed E-state index contributed by atoms with van der Waals surface area (Å²) < 4.78 is 2.04. The third-order valence-corrected chi connectivity index (χ3v) is 4.74.